The van der Waals surface area contributed by atoms with Gasteiger partial charge in [0.25, 0.3) is 0 Å². The lowest BCUT2D eigenvalue weighted by Gasteiger charge is -2.55. The van der Waals surface area contributed by atoms with Crippen molar-refractivity contribution in [1.82, 2.24) is 15.2 Å². The molecule has 6 atom stereocenters. The van der Waals surface area contributed by atoms with Gasteiger partial charge in [0.15, 0.2) is 0 Å². The summed E-state index contributed by atoms with van der Waals surface area (Å²) in [6.07, 6.45) is 9.22. The maximum Gasteiger partial charge on any atom is 0.0522 e. The second-order valence-corrected chi connectivity index (χ2v) is 9.92. The zero-order chi connectivity index (χ0) is 19.5. The number of nitrogens with zero attached hydrogens (tertiary/aromatic N) is 2. The molecule has 0 aliphatic heterocycles. The van der Waals surface area contributed by atoms with Crippen molar-refractivity contribution in [2.24, 2.45) is 34.8 Å². The Balaban J connectivity index is 1.52. The third-order valence-electron chi connectivity index (χ3n) is 8.80. The molecule has 5 rings (SSSR count). The van der Waals surface area contributed by atoms with Crippen LogP contribution in [0.1, 0.15) is 49.2 Å². The number of H-pyrrole nitrogens is 1. The van der Waals surface area contributed by atoms with Crippen molar-refractivity contribution in [2.45, 2.75) is 51.4 Å². The Kier molecular flexibility index (Phi) is 4.18. The van der Waals surface area contributed by atoms with Gasteiger partial charge in [-0.25, -0.2) is 0 Å². The highest BCUT2D eigenvalue weighted by atomic mass is 16.3. The van der Waals surface area contributed by atoms with E-state index in [-0.39, 0.29) is 23.4 Å². The topological polar surface area (TPSA) is 87.8 Å². The number of aliphatic hydroxyl groups excluding tert-OH is 1. The molecule has 0 unspecified atom stereocenters. The molecule has 5 heteroatoms. The van der Waals surface area contributed by atoms with Crippen molar-refractivity contribution in [1.29, 1.82) is 0 Å². The van der Waals surface area contributed by atoms with Crippen molar-refractivity contribution < 1.29 is 5.11 Å². The lowest BCUT2D eigenvalue weighted by Crippen LogP contribution is -2.54. The Morgan fingerprint density at radius 1 is 1.25 bits per heavy atom. The smallest absolute Gasteiger partial charge is 0.0522 e. The first-order valence-electron chi connectivity index (χ1n) is 10.8. The molecule has 0 bridgehead atoms. The van der Waals surface area contributed by atoms with E-state index >= 15 is 0 Å². The molecule has 4 N–H and O–H groups in total. The Hall–Kier alpha value is -1.72. The van der Waals surface area contributed by atoms with E-state index in [0.29, 0.717) is 24.3 Å². The largest absolute Gasteiger partial charge is 0.396 e. The lowest BCUT2D eigenvalue weighted by atomic mass is 9.49. The van der Waals surface area contributed by atoms with Crippen molar-refractivity contribution in [3.05, 3.63) is 47.0 Å². The first-order chi connectivity index (χ1) is 13.5. The van der Waals surface area contributed by atoms with Crippen LogP contribution in [0.4, 0.5) is 0 Å². The van der Waals surface area contributed by atoms with Crippen LogP contribution in [-0.4, -0.2) is 33.4 Å². The summed E-state index contributed by atoms with van der Waals surface area (Å²) < 4.78 is 0. The molecule has 2 aromatic heterocycles. The van der Waals surface area contributed by atoms with Crippen molar-refractivity contribution >= 4 is 0 Å². The van der Waals surface area contributed by atoms with Gasteiger partial charge in [-0.2, -0.15) is 5.10 Å². The number of nitrogens with two attached hydrogens (primary N) is 1. The predicted molar refractivity (Wildman–Crippen MR) is 109 cm³/mol. The fraction of sp³-hybridized carbons (Fsp3) is 0.652. The van der Waals surface area contributed by atoms with Gasteiger partial charge in [0.2, 0.25) is 0 Å². The van der Waals surface area contributed by atoms with Gasteiger partial charge >= 0.3 is 0 Å². The summed E-state index contributed by atoms with van der Waals surface area (Å²) in [6.45, 7) is 5.76. The highest BCUT2D eigenvalue weighted by Gasteiger charge is 2.57. The van der Waals surface area contributed by atoms with Gasteiger partial charge in [-0.1, -0.05) is 19.9 Å². The summed E-state index contributed by atoms with van der Waals surface area (Å²) in [6, 6.07) is 4.32. The average Bonchev–Trinajstić information content (AvgIpc) is 3.27. The maximum atomic E-state index is 10.3. The standard InChI is InChI=1S/C23H32N4O/c1-22-6-5-18(17(11-24)19(22)8-14-4-3-7-25-21(14)22)23(2)10-15-12-26-27-20(15)9-16(23)13-28/h3-4,7,12,16-19,28H,5-6,8-11,13,24H2,1-2H3,(H,26,27)/t16-,17+,18+,19+,22+,23-/m1/s1. The fourth-order valence-corrected chi connectivity index (χ4v) is 7.19. The van der Waals surface area contributed by atoms with E-state index in [0.717, 1.165) is 32.1 Å². The molecule has 1 fully saturated rings. The minimum atomic E-state index is 0.0548. The van der Waals surface area contributed by atoms with Crippen LogP contribution in [-0.2, 0) is 24.7 Å². The minimum Gasteiger partial charge on any atom is -0.396 e. The van der Waals surface area contributed by atoms with Gasteiger partial charge in [-0.15, -0.1) is 0 Å². The van der Waals surface area contributed by atoms with Gasteiger partial charge in [0, 0.05) is 29.6 Å². The molecule has 5 nitrogen and oxygen atoms in total. The molecule has 2 aromatic rings. The van der Waals surface area contributed by atoms with Gasteiger partial charge < -0.3 is 10.8 Å². The number of aromatic nitrogens is 3. The highest BCUT2D eigenvalue weighted by molar-refractivity contribution is 5.37. The first-order valence-corrected chi connectivity index (χ1v) is 10.8. The summed E-state index contributed by atoms with van der Waals surface area (Å²) in [7, 11) is 0. The molecule has 2 heterocycles. The van der Waals surface area contributed by atoms with Crippen molar-refractivity contribution in [2.75, 3.05) is 13.2 Å². The molecule has 150 valence electrons. The maximum absolute atomic E-state index is 10.3. The Morgan fingerprint density at radius 2 is 2.11 bits per heavy atom. The monoisotopic (exact) mass is 380 g/mol. The molecule has 1 saturated carbocycles. The number of aromatic amines is 1. The van der Waals surface area contributed by atoms with Gasteiger partial charge in [-0.05, 0) is 84.9 Å². The third kappa shape index (κ3) is 2.38. The van der Waals surface area contributed by atoms with Gasteiger partial charge in [0.05, 0.1) is 6.20 Å². The Labute approximate surface area is 167 Å². The first kappa shape index (κ1) is 18.3. The number of pyridine rings is 1. The number of hydrogen-bond acceptors (Lipinski definition) is 4. The molecule has 0 aromatic carbocycles. The SMILES string of the molecule is C[C@@]1([C@H]2CC[C@]3(C)c4ncccc4C[C@H]3[C@H]2CN)Cc2cn[nH]c2C[C@@H]1CO. The van der Waals surface area contributed by atoms with Crippen LogP contribution in [0, 0.1) is 29.1 Å². The van der Waals surface area contributed by atoms with Gasteiger partial charge in [0.1, 0.15) is 0 Å². The van der Waals surface area contributed by atoms with Crippen molar-refractivity contribution in [3.63, 3.8) is 0 Å². The van der Waals surface area contributed by atoms with Crippen LogP contribution in [0.3, 0.4) is 0 Å². The van der Waals surface area contributed by atoms with E-state index in [1.807, 2.05) is 12.4 Å². The van der Waals surface area contributed by atoms with E-state index in [4.69, 9.17) is 10.7 Å². The van der Waals surface area contributed by atoms with Crippen LogP contribution in [0.15, 0.2) is 24.5 Å². The quantitative estimate of drug-likeness (QED) is 0.764. The molecular weight excluding hydrogens is 348 g/mol. The third-order valence-corrected chi connectivity index (χ3v) is 8.80. The second kappa shape index (κ2) is 6.39. The number of fused-ring (bicyclic) bond motifs is 4. The van der Waals surface area contributed by atoms with Crippen LogP contribution < -0.4 is 5.73 Å². The molecule has 0 saturated heterocycles. The molecule has 3 aliphatic carbocycles. The van der Waals surface area contributed by atoms with Crippen molar-refractivity contribution in [3.8, 4) is 0 Å². The summed E-state index contributed by atoms with van der Waals surface area (Å²) in [4.78, 5) is 4.80. The Morgan fingerprint density at radius 3 is 2.89 bits per heavy atom. The minimum absolute atomic E-state index is 0.0548. The molecular formula is C23H32N4O. The number of aliphatic hydroxyl groups is 1. The zero-order valence-corrected chi connectivity index (χ0v) is 17.0. The van der Waals surface area contributed by atoms with Crippen LogP contribution in [0.5, 0.6) is 0 Å². The van der Waals surface area contributed by atoms with E-state index in [9.17, 15) is 5.11 Å². The normalized spacial score (nSPS) is 39.3. The van der Waals surface area contributed by atoms with Gasteiger partial charge in [-0.3, -0.25) is 10.1 Å². The summed E-state index contributed by atoms with van der Waals surface area (Å²) in [5, 5.41) is 17.7. The zero-order valence-electron chi connectivity index (χ0n) is 17.0. The number of rotatable bonds is 3. The molecule has 0 spiro atoms. The molecule has 0 amide bonds. The van der Waals surface area contributed by atoms with Crippen LogP contribution in [0.25, 0.3) is 0 Å². The van der Waals surface area contributed by atoms with E-state index in [2.05, 4.69) is 36.2 Å². The van der Waals surface area contributed by atoms with E-state index in [1.165, 1.54) is 22.5 Å². The van der Waals surface area contributed by atoms with Crippen LogP contribution in [0.2, 0.25) is 0 Å². The average molecular weight is 381 g/mol. The highest BCUT2D eigenvalue weighted by Crippen LogP contribution is 2.60. The molecule has 28 heavy (non-hydrogen) atoms. The summed E-state index contributed by atoms with van der Waals surface area (Å²) in [5.41, 5.74) is 11.9. The molecule has 3 aliphatic rings. The number of hydrogen-bond donors (Lipinski definition) is 3. The van der Waals surface area contributed by atoms with E-state index < -0.39 is 0 Å². The summed E-state index contributed by atoms with van der Waals surface area (Å²) in [5.74, 6) is 1.78. The predicted octanol–water partition coefficient (Wildman–Crippen LogP) is 2.63. The van der Waals surface area contributed by atoms with E-state index in [1.54, 1.807) is 0 Å². The second-order valence-electron chi connectivity index (χ2n) is 9.92. The summed E-state index contributed by atoms with van der Waals surface area (Å²) >= 11 is 0. The fourth-order valence-electron chi connectivity index (χ4n) is 7.19. The molecule has 0 radical (unpaired) electrons. The Bertz CT molecular complexity index is 879. The number of nitrogens with one attached hydrogen (secondary N) is 1. The lowest BCUT2D eigenvalue weighted by molar-refractivity contribution is -0.0462. The van der Waals surface area contributed by atoms with Crippen LogP contribution >= 0.6 is 0 Å².